The summed E-state index contributed by atoms with van der Waals surface area (Å²) < 4.78 is 13.3. The lowest BCUT2D eigenvalue weighted by atomic mass is 10.1. The zero-order chi connectivity index (χ0) is 18.4. The molecule has 1 aliphatic rings. The number of likely N-dealkylation sites (tertiary alicyclic amines) is 1. The molecule has 1 aromatic carbocycles. The molecule has 2 aromatic rings. The van der Waals surface area contributed by atoms with Crippen molar-refractivity contribution in [2.45, 2.75) is 26.2 Å². The van der Waals surface area contributed by atoms with Gasteiger partial charge in [0.1, 0.15) is 5.82 Å². The highest BCUT2D eigenvalue weighted by Crippen LogP contribution is 2.19. The van der Waals surface area contributed by atoms with Gasteiger partial charge in [0.2, 0.25) is 0 Å². The Morgan fingerprint density at radius 2 is 2.27 bits per heavy atom. The molecule has 1 saturated heterocycles. The third kappa shape index (κ3) is 4.75. The Hall–Kier alpha value is -2.08. The summed E-state index contributed by atoms with van der Waals surface area (Å²) in [6, 6.07) is 4.89. The SMILES string of the molecule is CCCN1CCC(CNC(=NC)NCCc2c[nH]c3cc(F)ccc23)C1. The molecule has 0 amide bonds. The normalized spacial score (nSPS) is 18.6. The molecule has 1 atom stereocenters. The lowest BCUT2D eigenvalue weighted by Crippen LogP contribution is -2.41. The fourth-order valence-corrected chi connectivity index (χ4v) is 3.74. The topological polar surface area (TPSA) is 55.4 Å². The lowest BCUT2D eigenvalue weighted by Gasteiger charge is -2.17. The summed E-state index contributed by atoms with van der Waals surface area (Å²) in [5.74, 6) is 1.34. The summed E-state index contributed by atoms with van der Waals surface area (Å²) in [6.45, 7) is 7.60. The maximum absolute atomic E-state index is 13.3. The van der Waals surface area contributed by atoms with Crippen molar-refractivity contribution in [1.82, 2.24) is 20.5 Å². The highest BCUT2D eigenvalue weighted by molar-refractivity contribution is 5.83. The van der Waals surface area contributed by atoms with Crippen molar-refractivity contribution in [2.75, 3.05) is 39.8 Å². The molecule has 142 valence electrons. The number of hydrogen-bond acceptors (Lipinski definition) is 2. The minimum Gasteiger partial charge on any atom is -0.361 e. The van der Waals surface area contributed by atoms with Gasteiger partial charge in [-0.25, -0.2) is 4.39 Å². The molecule has 2 heterocycles. The van der Waals surface area contributed by atoms with Gasteiger partial charge in [-0.2, -0.15) is 0 Å². The van der Waals surface area contributed by atoms with Crippen LogP contribution < -0.4 is 10.6 Å². The number of fused-ring (bicyclic) bond motifs is 1. The highest BCUT2D eigenvalue weighted by Gasteiger charge is 2.21. The van der Waals surface area contributed by atoms with Crippen molar-refractivity contribution in [3.8, 4) is 0 Å². The zero-order valence-electron chi connectivity index (χ0n) is 15.8. The Balaban J connectivity index is 1.43. The molecular formula is C20H30FN5. The third-order valence-electron chi connectivity index (χ3n) is 5.11. The molecule has 3 rings (SSSR count). The second-order valence-electron chi connectivity index (χ2n) is 7.09. The molecule has 0 bridgehead atoms. The molecule has 0 saturated carbocycles. The fourth-order valence-electron chi connectivity index (χ4n) is 3.74. The average Bonchev–Trinajstić information content (AvgIpc) is 3.25. The van der Waals surface area contributed by atoms with Crippen LogP contribution in [-0.2, 0) is 6.42 Å². The van der Waals surface area contributed by atoms with E-state index >= 15 is 0 Å². The first-order valence-corrected chi connectivity index (χ1v) is 9.62. The molecule has 1 unspecified atom stereocenters. The van der Waals surface area contributed by atoms with Gasteiger partial charge in [0.25, 0.3) is 0 Å². The van der Waals surface area contributed by atoms with E-state index in [4.69, 9.17) is 0 Å². The lowest BCUT2D eigenvalue weighted by molar-refractivity contribution is 0.324. The van der Waals surface area contributed by atoms with Gasteiger partial charge in [-0.1, -0.05) is 6.92 Å². The minimum atomic E-state index is -0.210. The zero-order valence-corrected chi connectivity index (χ0v) is 15.8. The molecule has 1 aromatic heterocycles. The van der Waals surface area contributed by atoms with E-state index in [0.717, 1.165) is 36.4 Å². The minimum absolute atomic E-state index is 0.210. The Labute approximate surface area is 155 Å². The second kappa shape index (κ2) is 9.03. The summed E-state index contributed by atoms with van der Waals surface area (Å²) in [5, 5.41) is 7.92. The number of halogens is 1. The number of aromatic amines is 1. The van der Waals surface area contributed by atoms with E-state index in [1.165, 1.54) is 50.2 Å². The number of H-pyrrole nitrogens is 1. The number of benzene rings is 1. The largest absolute Gasteiger partial charge is 0.361 e. The van der Waals surface area contributed by atoms with Gasteiger partial charge < -0.3 is 20.5 Å². The molecule has 26 heavy (non-hydrogen) atoms. The van der Waals surface area contributed by atoms with Crippen LogP contribution in [0.1, 0.15) is 25.3 Å². The first-order chi connectivity index (χ1) is 12.7. The Morgan fingerprint density at radius 1 is 1.38 bits per heavy atom. The monoisotopic (exact) mass is 359 g/mol. The maximum atomic E-state index is 13.3. The Morgan fingerprint density at radius 3 is 3.08 bits per heavy atom. The van der Waals surface area contributed by atoms with Crippen LogP contribution in [0.4, 0.5) is 4.39 Å². The molecule has 0 radical (unpaired) electrons. The number of nitrogens with zero attached hydrogens (tertiary/aromatic N) is 2. The quantitative estimate of drug-likeness (QED) is 0.526. The summed E-state index contributed by atoms with van der Waals surface area (Å²) >= 11 is 0. The van der Waals surface area contributed by atoms with Gasteiger partial charge >= 0.3 is 0 Å². The van der Waals surface area contributed by atoms with E-state index in [9.17, 15) is 4.39 Å². The van der Waals surface area contributed by atoms with Crippen LogP contribution in [0.5, 0.6) is 0 Å². The highest BCUT2D eigenvalue weighted by atomic mass is 19.1. The number of guanidine groups is 1. The summed E-state index contributed by atoms with van der Waals surface area (Å²) in [7, 11) is 1.81. The first kappa shape index (κ1) is 18.7. The van der Waals surface area contributed by atoms with E-state index in [2.05, 4.69) is 32.4 Å². The van der Waals surface area contributed by atoms with Crippen molar-refractivity contribution < 1.29 is 4.39 Å². The molecule has 0 aliphatic carbocycles. The van der Waals surface area contributed by atoms with Crippen LogP contribution in [0.15, 0.2) is 29.4 Å². The average molecular weight is 359 g/mol. The van der Waals surface area contributed by atoms with Crippen molar-refractivity contribution in [2.24, 2.45) is 10.9 Å². The summed E-state index contributed by atoms with van der Waals surface area (Å²) in [5.41, 5.74) is 2.04. The molecule has 5 nitrogen and oxygen atoms in total. The van der Waals surface area contributed by atoms with Crippen LogP contribution in [0, 0.1) is 11.7 Å². The fraction of sp³-hybridized carbons (Fsp3) is 0.550. The van der Waals surface area contributed by atoms with Crippen LogP contribution >= 0.6 is 0 Å². The Kier molecular flexibility index (Phi) is 6.50. The van der Waals surface area contributed by atoms with Gasteiger partial charge in [-0.05, 0) is 62.0 Å². The maximum Gasteiger partial charge on any atom is 0.190 e. The predicted octanol–water partition coefficient (Wildman–Crippen LogP) is 2.75. The standard InChI is InChI=1S/C20H30FN5/c1-3-9-26-10-7-15(14-26)12-25-20(22-2)23-8-6-16-13-24-19-11-17(21)4-5-18(16)19/h4-5,11,13,15,24H,3,6-10,12,14H2,1-2H3,(H2,22,23,25). The molecule has 1 fully saturated rings. The van der Waals surface area contributed by atoms with Gasteiger partial charge in [0.05, 0.1) is 0 Å². The van der Waals surface area contributed by atoms with Gasteiger partial charge in [0.15, 0.2) is 5.96 Å². The van der Waals surface area contributed by atoms with Crippen LogP contribution in [0.2, 0.25) is 0 Å². The van der Waals surface area contributed by atoms with Gasteiger partial charge in [-0.3, -0.25) is 4.99 Å². The number of nitrogens with one attached hydrogen (secondary N) is 3. The Bertz CT molecular complexity index is 739. The molecule has 1 aliphatic heterocycles. The van der Waals surface area contributed by atoms with E-state index in [1.54, 1.807) is 0 Å². The van der Waals surface area contributed by atoms with Crippen molar-refractivity contribution >= 4 is 16.9 Å². The number of rotatable bonds is 7. The predicted molar refractivity (Wildman–Crippen MR) is 106 cm³/mol. The molecular weight excluding hydrogens is 329 g/mol. The third-order valence-corrected chi connectivity index (χ3v) is 5.11. The van der Waals surface area contributed by atoms with Gasteiger partial charge in [0, 0.05) is 43.8 Å². The van der Waals surface area contributed by atoms with Crippen LogP contribution in [0.25, 0.3) is 10.9 Å². The number of aliphatic imine (C=N–C) groups is 1. The molecule has 3 N–H and O–H groups in total. The van der Waals surface area contributed by atoms with Crippen molar-refractivity contribution in [3.05, 3.63) is 35.8 Å². The molecule has 6 heteroatoms. The van der Waals surface area contributed by atoms with Crippen molar-refractivity contribution in [3.63, 3.8) is 0 Å². The summed E-state index contributed by atoms with van der Waals surface area (Å²) in [4.78, 5) is 10.0. The van der Waals surface area contributed by atoms with E-state index in [-0.39, 0.29) is 5.82 Å². The number of aromatic nitrogens is 1. The smallest absolute Gasteiger partial charge is 0.190 e. The van der Waals surface area contributed by atoms with Gasteiger partial charge in [-0.15, -0.1) is 0 Å². The first-order valence-electron chi connectivity index (χ1n) is 9.62. The van der Waals surface area contributed by atoms with Crippen molar-refractivity contribution in [1.29, 1.82) is 0 Å². The van der Waals surface area contributed by atoms with E-state index in [1.807, 2.05) is 19.3 Å². The van der Waals surface area contributed by atoms with E-state index in [0.29, 0.717) is 5.92 Å². The van der Waals surface area contributed by atoms with Crippen LogP contribution in [-0.4, -0.2) is 55.6 Å². The second-order valence-corrected chi connectivity index (χ2v) is 7.09. The van der Waals surface area contributed by atoms with Crippen LogP contribution in [0.3, 0.4) is 0 Å². The summed E-state index contributed by atoms with van der Waals surface area (Å²) in [6.07, 6.45) is 5.31. The molecule has 0 spiro atoms. The number of hydrogen-bond donors (Lipinski definition) is 3. The van der Waals surface area contributed by atoms with E-state index < -0.39 is 0 Å².